The van der Waals surface area contributed by atoms with Gasteiger partial charge in [-0.3, -0.25) is 4.79 Å². The Labute approximate surface area is 167 Å². The summed E-state index contributed by atoms with van der Waals surface area (Å²) in [5.74, 6) is 0.281. The first-order valence-electron chi connectivity index (χ1n) is 9.11. The third kappa shape index (κ3) is 6.97. The fraction of sp³-hybridized carbons (Fsp3) is 0.381. The Kier molecular flexibility index (Phi) is 9.21. The summed E-state index contributed by atoms with van der Waals surface area (Å²) in [5, 5.41) is 0. The normalized spacial score (nSPS) is 12.9. The second-order valence-corrected chi connectivity index (χ2v) is 7.97. The van der Waals surface area contributed by atoms with E-state index in [0.29, 0.717) is 12.5 Å². The minimum Gasteiger partial charge on any atom is -0.307 e. The van der Waals surface area contributed by atoms with Crippen LogP contribution in [0.15, 0.2) is 60.7 Å². The van der Waals surface area contributed by atoms with E-state index in [4.69, 9.17) is 19.2 Å². The van der Waals surface area contributed by atoms with Crippen LogP contribution in [0.4, 0.5) is 0 Å². The zero-order valence-corrected chi connectivity index (χ0v) is 17.7. The van der Waals surface area contributed by atoms with Crippen molar-refractivity contribution in [3.63, 3.8) is 0 Å². The van der Waals surface area contributed by atoms with Crippen molar-refractivity contribution in [2.75, 3.05) is 14.1 Å². The molecule has 2 aromatic rings. The van der Waals surface area contributed by atoms with E-state index in [9.17, 15) is 4.79 Å². The third-order valence-electron chi connectivity index (χ3n) is 4.81. The summed E-state index contributed by atoms with van der Waals surface area (Å²) in [7, 11) is -0.496. The predicted molar refractivity (Wildman–Crippen MR) is 111 cm³/mol. The van der Waals surface area contributed by atoms with Gasteiger partial charge >= 0.3 is 7.82 Å². The summed E-state index contributed by atoms with van der Waals surface area (Å²) in [4.78, 5) is 36.9. The molecule has 0 saturated heterocycles. The lowest BCUT2D eigenvalue weighted by molar-refractivity contribution is -0.123. The van der Waals surface area contributed by atoms with Gasteiger partial charge in [0.15, 0.2) is 0 Å². The van der Waals surface area contributed by atoms with Gasteiger partial charge < -0.3 is 19.6 Å². The second kappa shape index (κ2) is 10.6. The number of Topliss-reactive ketones (excluding diaryl/α,β-unsaturated/α-hetero) is 1. The van der Waals surface area contributed by atoms with Gasteiger partial charge in [0.2, 0.25) is 0 Å². The van der Waals surface area contributed by atoms with E-state index in [0.717, 1.165) is 17.5 Å². The Morgan fingerprint density at radius 3 is 1.61 bits per heavy atom. The highest BCUT2D eigenvalue weighted by Crippen LogP contribution is 2.39. The maximum Gasteiger partial charge on any atom is 0.466 e. The quantitative estimate of drug-likeness (QED) is 0.609. The molecule has 2 rings (SSSR count). The number of nitrogens with zero attached hydrogens (tertiary/aromatic N) is 1. The molecule has 3 N–H and O–H groups in total. The number of rotatable bonds is 7. The molecule has 0 fully saturated rings. The highest BCUT2D eigenvalue weighted by Gasteiger charge is 2.41. The predicted octanol–water partition coefficient (Wildman–Crippen LogP) is 3.36. The topological polar surface area (TPSA) is 98.1 Å². The molecule has 0 amide bonds. The Bertz CT molecular complexity index is 726. The van der Waals surface area contributed by atoms with E-state index >= 15 is 0 Å². The Morgan fingerprint density at radius 2 is 1.32 bits per heavy atom. The van der Waals surface area contributed by atoms with E-state index in [2.05, 4.69) is 50.2 Å². The van der Waals surface area contributed by atoms with Crippen LogP contribution >= 0.6 is 7.82 Å². The summed E-state index contributed by atoms with van der Waals surface area (Å²) < 4.78 is 8.88. The summed E-state index contributed by atoms with van der Waals surface area (Å²) >= 11 is 0. The van der Waals surface area contributed by atoms with Gasteiger partial charge in [-0.2, -0.15) is 0 Å². The zero-order valence-electron chi connectivity index (χ0n) is 16.8. The number of hydrogen-bond acceptors (Lipinski definition) is 3. The highest BCUT2D eigenvalue weighted by molar-refractivity contribution is 7.45. The average molecular weight is 407 g/mol. The van der Waals surface area contributed by atoms with Crippen LogP contribution in [0.1, 0.15) is 37.8 Å². The van der Waals surface area contributed by atoms with Crippen molar-refractivity contribution in [2.45, 2.75) is 38.1 Å². The first-order valence-corrected chi connectivity index (χ1v) is 10.7. The Balaban J connectivity index is 0.000000696. The number of benzene rings is 2. The van der Waals surface area contributed by atoms with Crippen LogP contribution < -0.4 is 0 Å². The number of phosphoric acid groups is 1. The maximum absolute atomic E-state index is 13.2. The lowest BCUT2D eigenvalue weighted by Crippen LogP contribution is -2.42. The Hall–Kier alpha value is -1.82. The first-order chi connectivity index (χ1) is 13.0. The van der Waals surface area contributed by atoms with Crippen LogP contribution in [0.3, 0.4) is 0 Å². The lowest BCUT2D eigenvalue weighted by Gasteiger charge is -2.37. The molecular weight excluding hydrogens is 377 g/mol. The van der Waals surface area contributed by atoms with Gasteiger partial charge in [0, 0.05) is 12.5 Å². The van der Waals surface area contributed by atoms with Gasteiger partial charge in [-0.1, -0.05) is 67.6 Å². The van der Waals surface area contributed by atoms with E-state index in [1.54, 1.807) is 0 Å². The minimum absolute atomic E-state index is 0.281. The molecule has 1 atom stereocenters. The minimum atomic E-state index is -4.64. The van der Waals surface area contributed by atoms with Crippen molar-refractivity contribution in [1.29, 1.82) is 0 Å². The van der Waals surface area contributed by atoms with Crippen molar-refractivity contribution in [1.82, 2.24) is 4.90 Å². The number of carbonyl (C=O) groups is 1. The van der Waals surface area contributed by atoms with E-state index < -0.39 is 13.2 Å². The van der Waals surface area contributed by atoms with Gasteiger partial charge in [0.05, 0.1) is 5.41 Å². The second-order valence-electron chi connectivity index (χ2n) is 6.94. The monoisotopic (exact) mass is 407 g/mol. The van der Waals surface area contributed by atoms with E-state index in [1.165, 1.54) is 0 Å². The molecule has 1 unspecified atom stereocenters. The van der Waals surface area contributed by atoms with Gasteiger partial charge in [0.1, 0.15) is 5.78 Å². The SMILES string of the molecule is CCC(=O)C(CC(C)N(C)C)(c1ccccc1)c1ccccc1.O=P(O)(O)O. The van der Waals surface area contributed by atoms with E-state index in [-0.39, 0.29) is 5.78 Å². The van der Waals surface area contributed by atoms with E-state index in [1.807, 2.05) is 43.3 Å². The molecule has 0 saturated carbocycles. The highest BCUT2D eigenvalue weighted by atomic mass is 31.2. The standard InChI is InChI=1S/C21H27NO.H3O4P/c1-5-20(23)21(16-17(2)22(3)4,18-12-8-6-9-13-18)19-14-10-7-11-15-19;1-5(2,3)4/h6-15,17H,5,16H2,1-4H3;(H3,1,2,3,4). The number of hydrogen-bond donors (Lipinski definition) is 3. The van der Waals surface area contributed by atoms with Crippen LogP contribution in [-0.4, -0.2) is 45.5 Å². The molecule has 6 nitrogen and oxygen atoms in total. The number of ketones is 1. The van der Waals surface area contributed by atoms with Crippen LogP contribution in [0.2, 0.25) is 0 Å². The molecule has 0 bridgehead atoms. The van der Waals surface area contributed by atoms with Gasteiger partial charge in [-0.15, -0.1) is 0 Å². The van der Waals surface area contributed by atoms with Crippen molar-refractivity contribution < 1.29 is 24.0 Å². The fourth-order valence-corrected chi connectivity index (χ4v) is 3.21. The molecule has 0 heterocycles. The molecule has 7 heteroatoms. The van der Waals surface area contributed by atoms with Gasteiger partial charge in [0.25, 0.3) is 0 Å². The van der Waals surface area contributed by atoms with Crippen molar-refractivity contribution in [2.24, 2.45) is 0 Å². The van der Waals surface area contributed by atoms with Crippen molar-refractivity contribution in [3.05, 3.63) is 71.8 Å². The molecule has 28 heavy (non-hydrogen) atoms. The summed E-state index contributed by atoms with van der Waals surface area (Å²) in [6.45, 7) is 4.15. The fourth-order valence-electron chi connectivity index (χ4n) is 3.21. The molecule has 0 aliphatic carbocycles. The molecule has 2 aromatic carbocycles. The van der Waals surface area contributed by atoms with Gasteiger partial charge in [-0.05, 0) is 38.6 Å². The van der Waals surface area contributed by atoms with Gasteiger partial charge in [-0.25, -0.2) is 4.57 Å². The third-order valence-corrected chi connectivity index (χ3v) is 4.81. The van der Waals surface area contributed by atoms with Crippen molar-refractivity contribution in [3.8, 4) is 0 Å². The first kappa shape index (κ1) is 24.2. The van der Waals surface area contributed by atoms with Crippen LogP contribution in [0.25, 0.3) is 0 Å². The largest absolute Gasteiger partial charge is 0.466 e. The zero-order chi connectivity index (χ0) is 21.4. The number of carbonyl (C=O) groups excluding carboxylic acids is 1. The molecular formula is C21H30NO5P. The summed E-state index contributed by atoms with van der Waals surface area (Å²) in [5.41, 5.74) is 1.60. The van der Waals surface area contributed by atoms with Crippen LogP contribution in [-0.2, 0) is 14.8 Å². The average Bonchev–Trinajstić information content (AvgIpc) is 2.65. The maximum atomic E-state index is 13.2. The van der Waals surface area contributed by atoms with Crippen LogP contribution in [0.5, 0.6) is 0 Å². The molecule has 0 aromatic heterocycles. The molecule has 0 spiro atoms. The Morgan fingerprint density at radius 1 is 0.964 bits per heavy atom. The van der Waals surface area contributed by atoms with Crippen molar-refractivity contribution >= 4 is 13.6 Å². The molecule has 0 aliphatic heterocycles. The molecule has 0 radical (unpaired) electrons. The molecule has 154 valence electrons. The smallest absolute Gasteiger partial charge is 0.307 e. The molecule has 0 aliphatic rings. The lowest BCUT2D eigenvalue weighted by atomic mass is 9.67. The van der Waals surface area contributed by atoms with Crippen LogP contribution in [0, 0.1) is 0 Å². The summed E-state index contributed by atoms with van der Waals surface area (Å²) in [6.07, 6.45) is 1.31. The summed E-state index contributed by atoms with van der Waals surface area (Å²) in [6, 6.07) is 20.7.